The number of hydrogen-bond donors (Lipinski definition) is 2. The van der Waals surface area contributed by atoms with Gasteiger partial charge in [0.2, 0.25) is 0 Å². The molecule has 1 aliphatic rings. The van der Waals surface area contributed by atoms with Crippen LogP contribution in [0.2, 0.25) is 0 Å². The van der Waals surface area contributed by atoms with Crippen LogP contribution in [0.5, 0.6) is 0 Å². The molecule has 0 spiro atoms. The Labute approximate surface area is 217 Å². The zero-order valence-electron chi connectivity index (χ0n) is 20.5. The summed E-state index contributed by atoms with van der Waals surface area (Å²) < 4.78 is 18.0. The number of benzene rings is 2. The summed E-state index contributed by atoms with van der Waals surface area (Å²) in [6.45, 7) is 0. The summed E-state index contributed by atoms with van der Waals surface area (Å²) in [5.74, 6) is -1.70. The minimum absolute atomic E-state index is 0.0995. The molecular weight excluding hydrogens is 485 g/mol. The lowest BCUT2D eigenvalue weighted by atomic mass is 9.94. The molecule has 3 aromatic heterocycles. The number of aromatic nitrogens is 4. The van der Waals surface area contributed by atoms with Crippen molar-refractivity contribution >= 4 is 23.0 Å². The molecule has 38 heavy (non-hydrogen) atoms. The van der Waals surface area contributed by atoms with E-state index in [2.05, 4.69) is 15.4 Å². The topological polar surface area (TPSA) is 102 Å². The summed E-state index contributed by atoms with van der Waals surface area (Å²) >= 11 is 0. The predicted molar refractivity (Wildman–Crippen MR) is 139 cm³/mol. The summed E-state index contributed by atoms with van der Waals surface area (Å²) in [6.07, 6.45) is 4.84. The van der Waals surface area contributed by atoms with Crippen LogP contribution in [0, 0.1) is 11.7 Å². The van der Waals surface area contributed by atoms with E-state index in [-0.39, 0.29) is 35.1 Å². The number of aliphatic hydroxyl groups excluding tert-OH is 1. The summed E-state index contributed by atoms with van der Waals surface area (Å²) in [4.78, 5) is 30.4. The Balaban J connectivity index is 1.20. The molecule has 0 saturated heterocycles. The number of nitrogens with zero attached hydrogens (tertiary/aromatic N) is 4. The van der Waals surface area contributed by atoms with Crippen molar-refractivity contribution in [1.82, 2.24) is 19.2 Å². The monoisotopic (exact) mass is 509 g/mol. The Morgan fingerprint density at radius 1 is 1.13 bits per heavy atom. The third-order valence-electron chi connectivity index (χ3n) is 7.15. The second-order valence-electron chi connectivity index (χ2n) is 9.51. The van der Waals surface area contributed by atoms with Crippen molar-refractivity contribution in [3.05, 3.63) is 107 Å². The molecule has 190 valence electrons. The first-order valence-electron chi connectivity index (χ1n) is 12.2. The minimum Gasteiger partial charge on any atom is -0.388 e. The van der Waals surface area contributed by atoms with E-state index in [0.717, 1.165) is 28.5 Å². The number of rotatable bonds is 6. The van der Waals surface area contributed by atoms with Crippen molar-refractivity contribution in [3.63, 3.8) is 0 Å². The van der Waals surface area contributed by atoms with Gasteiger partial charge in [-0.2, -0.15) is 5.10 Å². The summed E-state index contributed by atoms with van der Waals surface area (Å²) in [7, 11) is 1.84. The van der Waals surface area contributed by atoms with Gasteiger partial charge in [-0.3, -0.25) is 18.7 Å². The molecule has 0 unspecified atom stereocenters. The Morgan fingerprint density at radius 3 is 2.76 bits per heavy atom. The maximum absolute atomic E-state index is 14.6. The number of anilines is 1. The number of amides is 1. The Bertz CT molecular complexity index is 1710. The van der Waals surface area contributed by atoms with E-state index in [1.807, 2.05) is 49.5 Å². The SMILES string of the molecule is Cn1nccc1-c1ccn2c(C(=O)Nc3cc(C(=O)C[C@@H]4Cc5ccccc5[C@@H]4O)ccc3F)cnc2c1. The van der Waals surface area contributed by atoms with Gasteiger partial charge in [0.15, 0.2) is 5.78 Å². The lowest BCUT2D eigenvalue weighted by molar-refractivity contribution is 0.0840. The highest BCUT2D eigenvalue weighted by Crippen LogP contribution is 2.38. The van der Waals surface area contributed by atoms with Crippen LogP contribution in [-0.2, 0) is 13.5 Å². The number of carbonyl (C=O) groups excluding carboxylic acids is 2. The third kappa shape index (κ3) is 4.16. The van der Waals surface area contributed by atoms with Crippen LogP contribution in [0.15, 0.2) is 79.3 Å². The van der Waals surface area contributed by atoms with Crippen LogP contribution in [0.4, 0.5) is 10.1 Å². The molecule has 1 amide bonds. The third-order valence-corrected chi connectivity index (χ3v) is 7.15. The molecular formula is C29H24FN5O3. The van der Waals surface area contributed by atoms with E-state index in [4.69, 9.17) is 0 Å². The first-order chi connectivity index (χ1) is 18.4. The van der Waals surface area contributed by atoms with Gasteiger partial charge in [-0.05, 0) is 53.9 Å². The highest BCUT2D eigenvalue weighted by Gasteiger charge is 2.32. The summed E-state index contributed by atoms with van der Waals surface area (Å²) in [5, 5.41) is 17.4. The maximum atomic E-state index is 14.6. The van der Waals surface area contributed by atoms with Crippen LogP contribution < -0.4 is 5.32 Å². The number of carbonyl (C=O) groups is 2. The second kappa shape index (κ2) is 9.35. The number of Topliss-reactive ketones (excluding diaryl/α,β-unsaturated/α-hetero) is 1. The fourth-order valence-corrected chi connectivity index (χ4v) is 5.14. The first kappa shape index (κ1) is 23.7. The van der Waals surface area contributed by atoms with Crippen molar-refractivity contribution in [2.45, 2.75) is 18.9 Å². The lowest BCUT2D eigenvalue weighted by Gasteiger charge is -2.15. The van der Waals surface area contributed by atoms with E-state index in [1.54, 1.807) is 21.5 Å². The predicted octanol–water partition coefficient (Wildman–Crippen LogP) is 4.60. The molecule has 6 rings (SSSR count). The number of halogens is 1. The molecule has 1 aliphatic carbocycles. The number of nitrogens with one attached hydrogen (secondary N) is 1. The molecule has 2 atom stereocenters. The first-order valence-corrected chi connectivity index (χ1v) is 12.2. The van der Waals surface area contributed by atoms with Gasteiger partial charge in [0.25, 0.3) is 5.91 Å². The van der Waals surface area contributed by atoms with Crippen molar-refractivity contribution in [2.24, 2.45) is 13.0 Å². The number of pyridine rings is 1. The summed E-state index contributed by atoms with van der Waals surface area (Å²) in [6, 6.07) is 17.1. The zero-order chi connectivity index (χ0) is 26.4. The van der Waals surface area contributed by atoms with Crippen LogP contribution in [0.3, 0.4) is 0 Å². The number of ketones is 1. The van der Waals surface area contributed by atoms with Crippen LogP contribution in [0.1, 0.15) is 44.5 Å². The standard InChI is InChI=1S/C29H24FN5O3/c1-34-24(8-10-32-34)18-9-11-35-25(16-31-27(35)15-18)29(38)33-23-13-19(6-7-22(23)30)26(36)14-20-12-17-4-2-3-5-21(17)28(20)37/h2-11,13,15-16,20,28,37H,12,14H2,1H3,(H,33,38)/t20-,28+/m0/s1. The molecule has 3 heterocycles. The van der Waals surface area contributed by atoms with Gasteiger partial charge in [0.05, 0.1) is 23.7 Å². The minimum atomic E-state index is -0.719. The normalized spacial score (nSPS) is 16.5. The Hall–Kier alpha value is -4.63. The molecule has 8 nitrogen and oxygen atoms in total. The van der Waals surface area contributed by atoms with Gasteiger partial charge >= 0.3 is 0 Å². The highest BCUT2D eigenvalue weighted by atomic mass is 19.1. The van der Waals surface area contributed by atoms with E-state index >= 15 is 0 Å². The lowest BCUT2D eigenvalue weighted by Crippen LogP contribution is -2.17. The molecule has 9 heteroatoms. The maximum Gasteiger partial charge on any atom is 0.274 e. The quantitative estimate of drug-likeness (QED) is 0.326. The van der Waals surface area contributed by atoms with Gasteiger partial charge in [-0.15, -0.1) is 0 Å². The molecule has 5 aromatic rings. The number of fused-ring (bicyclic) bond motifs is 2. The second-order valence-corrected chi connectivity index (χ2v) is 9.51. The highest BCUT2D eigenvalue weighted by molar-refractivity contribution is 6.05. The smallest absolute Gasteiger partial charge is 0.274 e. The van der Waals surface area contributed by atoms with Gasteiger partial charge < -0.3 is 10.4 Å². The number of imidazole rings is 1. The van der Waals surface area contributed by atoms with Gasteiger partial charge in [-0.25, -0.2) is 9.37 Å². The van der Waals surface area contributed by atoms with Crippen molar-refractivity contribution in [3.8, 4) is 11.3 Å². The molecule has 0 saturated carbocycles. The molecule has 2 aromatic carbocycles. The van der Waals surface area contributed by atoms with Gasteiger partial charge in [-0.1, -0.05) is 24.3 Å². The van der Waals surface area contributed by atoms with Gasteiger partial charge in [0.1, 0.15) is 17.2 Å². The molecule has 0 fully saturated rings. The average molecular weight is 510 g/mol. The van der Waals surface area contributed by atoms with Crippen molar-refractivity contribution in [1.29, 1.82) is 0 Å². The largest absolute Gasteiger partial charge is 0.388 e. The molecule has 0 bridgehead atoms. The van der Waals surface area contributed by atoms with Crippen molar-refractivity contribution in [2.75, 3.05) is 5.32 Å². The Morgan fingerprint density at radius 2 is 1.97 bits per heavy atom. The van der Waals surface area contributed by atoms with Crippen LogP contribution >= 0.6 is 0 Å². The van der Waals surface area contributed by atoms with Crippen LogP contribution in [0.25, 0.3) is 16.9 Å². The van der Waals surface area contributed by atoms with E-state index in [9.17, 15) is 19.1 Å². The fourth-order valence-electron chi connectivity index (χ4n) is 5.14. The van der Waals surface area contributed by atoms with E-state index < -0.39 is 17.8 Å². The van der Waals surface area contributed by atoms with Gasteiger partial charge in [0, 0.05) is 42.9 Å². The van der Waals surface area contributed by atoms with E-state index in [0.29, 0.717) is 12.1 Å². The molecule has 0 radical (unpaired) electrons. The zero-order valence-corrected chi connectivity index (χ0v) is 20.5. The summed E-state index contributed by atoms with van der Waals surface area (Å²) in [5.41, 5.74) is 4.61. The van der Waals surface area contributed by atoms with Crippen molar-refractivity contribution < 1.29 is 19.1 Å². The number of aryl methyl sites for hydroxylation is 1. The number of hydrogen-bond acceptors (Lipinski definition) is 5. The number of aliphatic hydroxyl groups is 1. The molecule has 0 aliphatic heterocycles. The van der Waals surface area contributed by atoms with Crippen LogP contribution in [-0.4, -0.2) is 36.0 Å². The fraction of sp³-hybridized carbons (Fsp3) is 0.172. The average Bonchev–Trinajstić information content (AvgIpc) is 3.62. The molecule has 2 N–H and O–H groups in total. The Kier molecular flexibility index (Phi) is 5.84. The van der Waals surface area contributed by atoms with E-state index in [1.165, 1.54) is 18.3 Å².